The van der Waals surface area contributed by atoms with Gasteiger partial charge in [-0.25, -0.2) is 4.79 Å². The third-order valence-electron chi connectivity index (χ3n) is 5.06. The van der Waals surface area contributed by atoms with E-state index in [0.717, 1.165) is 25.0 Å². The second-order valence-corrected chi connectivity index (χ2v) is 8.79. The number of carbonyl (C=O) groups excluding carboxylic acids is 2. The van der Waals surface area contributed by atoms with Gasteiger partial charge >= 0.3 is 6.03 Å². The van der Waals surface area contributed by atoms with Crippen molar-refractivity contribution in [1.29, 1.82) is 0 Å². The van der Waals surface area contributed by atoms with Crippen molar-refractivity contribution in [3.63, 3.8) is 0 Å². The minimum Gasteiger partial charge on any atom is -0.377 e. The maximum Gasteiger partial charge on any atom is 0.315 e. The normalized spacial score (nSPS) is 23.3. The first-order valence-corrected chi connectivity index (χ1v) is 11.6. The van der Waals surface area contributed by atoms with Crippen LogP contribution in [0.3, 0.4) is 0 Å². The van der Waals surface area contributed by atoms with Gasteiger partial charge in [-0.15, -0.1) is 0 Å². The molecule has 0 aromatic rings. The molecule has 2 saturated heterocycles. The van der Waals surface area contributed by atoms with Crippen molar-refractivity contribution in [2.45, 2.75) is 55.6 Å². The van der Waals surface area contributed by atoms with Gasteiger partial charge in [0.15, 0.2) is 5.78 Å². The summed E-state index contributed by atoms with van der Waals surface area (Å²) in [6.45, 7) is 4.28. The molecule has 3 atom stereocenters. The van der Waals surface area contributed by atoms with Gasteiger partial charge < -0.3 is 41.0 Å². The molecule has 0 saturated carbocycles. The fourth-order valence-corrected chi connectivity index (χ4v) is 4.91. The first-order chi connectivity index (χ1) is 14.4. The summed E-state index contributed by atoms with van der Waals surface area (Å²) >= 11 is 1.87. The summed E-state index contributed by atoms with van der Waals surface area (Å²) in [5.41, 5.74) is 10.4. The average Bonchev–Trinajstić information content (AvgIpc) is 3.25. The summed E-state index contributed by atoms with van der Waals surface area (Å²) in [4.78, 5) is 23.7. The van der Waals surface area contributed by atoms with Gasteiger partial charge in [0.25, 0.3) is 0 Å². The van der Waals surface area contributed by atoms with Crippen LogP contribution < -0.4 is 22.1 Å². The van der Waals surface area contributed by atoms with E-state index >= 15 is 0 Å². The molecule has 2 heterocycles. The number of ketones is 1. The maximum atomic E-state index is 12.3. The Labute approximate surface area is 182 Å². The van der Waals surface area contributed by atoms with Gasteiger partial charge in [-0.1, -0.05) is 6.42 Å². The van der Waals surface area contributed by atoms with Crippen LogP contribution in [0.2, 0.25) is 0 Å². The van der Waals surface area contributed by atoms with Crippen molar-refractivity contribution in [2.24, 2.45) is 11.5 Å². The van der Waals surface area contributed by atoms with Gasteiger partial charge in [0.05, 0.1) is 45.1 Å². The van der Waals surface area contributed by atoms with Crippen molar-refractivity contribution in [1.82, 2.24) is 10.6 Å². The number of ether oxygens (including phenoxy) is 4. The summed E-state index contributed by atoms with van der Waals surface area (Å²) in [5.74, 6) is 0.726. The zero-order valence-electron chi connectivity index (χ0n) is 17.7. The Morgan fingerprint density at radius 1 is 1.10 bits per heavy atom. The molecule has 0 radical (unpaired) electrons. The molecule has 0 aromatic heterocycles. The monoisotopic (exact) mass is 448 g/mol. The van der Waals surface area contributed by atoms with Crippen molar-refractivity contribution < 1.29 is 28.5 Å². The Morgan fingerprint density at radius 3 is 2.60 bits per heavy atom. The molecule has 0 aromatic carbocycles. The lowest BCUT2D eigenvalue weighted by Crippen LogP contribution is -2.60. The zero-order chi connectivity index (χ0) is 21.8. The van der Waals surface area contributed by atoms with Crippen LogP contribution >= 0.6 is 11.8 Å². The van der Waals surface area contributed by atoms with Gasteiger partial charge in [-0.3, -0.25) is 4.79 Å². The number of hydrogen-bond donors (Lipinski definition) is 4. The third kappa shape index (κ3) is 8.66. The molecule has 0 bridgehead atoms. The molecule has 0 aliphatic carbocycles. The average molecular weight is 449 g/mol. The molecule has 174 valence electrons. The summed E-state index contributed by atoms with van der Waals surface area (Å²) in [5, 5.41) is 6.29. The SMILES string of the molecule is CCOCOCCOCCOCC(N)(N)C(=O)CCCC[C@@H]1SC[C@@H]2NC(=O)N[C@@H]21. The van der Waals surface area contributed by atoms with Crippen molar-refractivity contribution in [3.8, 4) is 0 Å². The molecule has 2 aliphatic rings. The standard InChI is InChI=1S/C19H36N4O6S/c1-2-26-13-29-10-8-27-7-9-28-12-19(20,21)16(24)6-4-3-5-15-17-14(11-30-15)22-18(25)23-17/h14-15,17H,2-13,20-21H2,1H3,(H2,22,23,25)/t14-,15-,17-/m0/s1. The number of hydrogen-bond acceptors (Lipinski definition) is 9. The van der Waals surface area contributed by atoms with Crippen LogP contribution in [0.1, 0.15) is 32.6 Å². The first-order valence-electron chi connectivity index (χ1n) is 10.5. The fraction of sp³-hybridized carbons (Fsp3) is 0.895. The Kier molecular flexibility index (Phi) is 11.4. The minimum atomic E-state index is -1.49. The summed E-state index contributed by atoms with van der Waals surface area (Å²) in [6.07, 6.45) is 2.87. The number of unbranched alkanes of at least 4 members (excludes halogenated alkanes) is 1. The first kappa shape index (κ1) is 25.3. The Balaban J connectivity index is 1.47. The highest BCUT2D eigenvalue weighted by Crippen LogP contribution is 2.33. The van der Waals surface area contributed by atoms with Gasteiger partial charge in [0, 0.05) is 24.0 Å². The summed E-state index contributed by atoms with van der Waals surface area (Å²) < 4.78 is 21.0. The highest BCUT2D eigenvalue weighted by molar-refractivity contribution is 8.00. The zero-order valence-corrected chi connectivity index (χ0v) is 18.5. The molecular weight excluding hydrogens is 412 g/mol. The van der Waals surface area contributed by atoms with E-state index in [2.05, 4.69) is 10.6 Å². The van der Waals surface area contributed by atoms with E-state index in [1.54, 1.807) is 0 Å². The van der Waals surface area contributed by atoms with Crippen LogP contribution in [0.25, 0.3) is 0 Å². The number of fused-ring (bicyclic) bond motifs is 1. The van der Waals surface area contributed by atoms with E-state index in [-0.39, 0.29) is 37.3 Å². The number of amides is 2. The summed E-state index contributed by atoms with van der Waals surface area (Å²) in [7, 11) is 0. The van der Waals surface area contributed by atoms with E-state index in [1.807, 2.05) is 18.7 Å². The van der Waals surface area contributed by atoms with E-state index in [0.29, 0.717) is 44.7 Å². The van der Waals surface area contributed by atoms with Gasteiger partial charge in [-0.2, -0.15) is 11.8 Å². The Bertz CT molecular complexity index is 539. The highest BCUT2D eigenvalue weighted by atomic mass is 32.2. The molecular formula is C19H36N4O6S. The van der Waals surface area contributed by atoms with Crippen molar-refractivity contribution in [2.75, 3.05) is 52.2 Å². The smallest absolute Gasteiger partial charge is 0.315 e. The van der Waals surface area contributed by atoms with Crippen LogP contribution in [0.15, 0.2) is 0 Å². The van der Waals surface area contributed by atoms with Crippen molar-refractivity contribution >= 4 is 23.6 Å². The molecule has 0 spiro atoms. The van der Waals surface area contributed by atoms with Gasteiger partial charge in [0.2, 0.25) is 0 Å². The quantitative estimate of drug-likeness (QED) is 0.136. The lowest BCUT2D eigenvalue weighted by molar-refractivity contribution is -0.126. The number of urea groups is 1. The Morgan fingerprint density at radius 2 is 1.83 bits per heavy atom. The number of Topliss-reactive ketones (excluding diaryl/α,β-unsaturated/α-hetero) is 1. The second kappa shape index (κ2) is 13.5. The van der Waals surface area contributed by atoms with Crippen LogP contribution in [0.5, 0.6) is 0 Å². The molecule has 2 fully saturated rings. The van der Waals surface area contributed by atoms with E-state index in [1.165, 1.54) is 0 Å². The molecule has 0 unspecified atom stereocenters. The number of rotatable bonds is 17. The van der Waals surface area contributed by atoms with Crippen LogP contribution in [0.4, 0.5) is 4.79 Å². The molecule has 11 heteroatoms. The predicted molar refractivity (Wildman–Crippen MR) is 114 cm³/mol. The Hall–Kier alpha value is -0.950. The lowest BCUT2D eigenvalue weighted by Gasteiger charge is -2.23. The third-order valence-corrected chi connectivity index (χ3v) is 6.56. The van der Waals surface area contributed by atoms with Gasteiger partial charge in [0.1, 0.15) is 12.5 Å². The number of nitrogens with two attached hydrogens (primary N) is 2. The molecule has 30 heavy (non-hydrogen) atoms. The molecule has 6 N–H and O–H groups in total. The van der Waals surface area contributed by atoms with E-state index in [9.17, 15) is 9.59 Å². The number of nitrogens with one attached hydrogen (secondary N) is 2. The largest absolute Gasteiger partial charge is 0.377 e. The molecule has 2 rings (SSSR count). The minimum absolute atomic E-state index is 0.0457. The number of carbonyl (C=O) groups is 2. The number of thioether (sulfide) groups is 1. The topological polar surface area (TPSA) is 147 Å². The van der Waals surface area contributed by atoms with Gasteiger partial charge in [-0.05, 0) is 19.8 Å². The van der Waals surface area contributed by atoms with E-state index < -0.39 is 5.66 Å². The summed E-state index contributed by atoms with van der Waals surface area (Å²) in [6, 6.07) is 0.327. The van der Waals surface area contributed by atoms with E-state index in [4.69, 9.17) is 30.4 Å². The fourth-order valence-electron chi connectivity index (χ4n) is 3.37. The van der Waals surface area contributed by atoms with Crippen LogP contribution in [-0.2, 0) is 23.7 Å². The van der Waals surface area contributed by atoms with Crippen molar-refractivity contribution in [3.05, 3.63) is 0 Å². The lowest BCUT2D eigenvalue weighted by atomic mass is 9.99. The van der Waals surface area contributed by atoms with Crippen LogP contribution in [0, 0.1) is 0 Å². The van der Waals surface area contributed by atoms with Crippen LogP contribution in [-0.4, -0.2) is 87.0 Å². The maximum absolute atomic E-state index is 12.3. The molecule has 10 nitrogen and oxygen atoms in total. The highest BCUT2D eigenvalue weighted by Gasteiger charge is 2.42. The molecule has 2 amide bonds. The molecule has 2 aliphatic heterocycles. The second-order valence-electron chi connectivity index (χ2n) is 7.52. The predicted octanol–water partition coefficient (Wildman–Crippen LogP) is -0.0612.